The minimum atomic E-state index is -0.174. The zero-order chi connectivity index (χ0) is 17.1. The largest absolute Gasteiger partial charge is 0.378 e. The van der Waals surface area contributed by atoms with Crippen LogP contribution in [-0.4, -0.2) is 65.6 Å². The van der Waals surface area contributed by atoms with Crippen LogP contribution < -0.4 is 5.56 Å². The summed E-state index contributed by atoms with van der Waals surface area (Å²) in [6, 6.07) is 7.07. The number of para-hydroxylation sites is 1. The van der Waals surface area contributed by atoms with Crippen LogP contribution in [0.4, 0.5) is 0 Å². The number of nitrogens with one attached hydrogen (secondary N) is 1. The SMILES string of the molecule is C[C@@H](c1nc2ccccc2c(=O)[nH]1)N(C)CC(=O)N1CCOCC1. The van der Waals surface area contributed by atoms with Crippen molar-refractivity contribution >= 4 is 16.8 Å². The fourth-order valence-corrected chi connectivity index (χ4v) is 2.77. The van der Waals surface area contributed by atoms with Crippen LogP contribution in [0.15, 0.2) is 29.1 Å². The standard InChI is InChI=1S/C17H22N4O3/c1-12(20(2)11-15(22)21-7-9-24-10-8-21)16-18-14-6-4-3-5-13(14)17(23)19-16/h3-6,12H,7-11H2,1-2H3,(H,18,19,23)/t12-/m0/s1. The van der Waals surface area contributed by atoms with Crippen molar-refractivity contribution in [3.8, 4) is 0 Å². The van der Waals surface area contributed by atoms with E-state index in [-0.39, 0.29) is 24.1 Å². The van der Waals surface area contributed by atoms with Crippen LogP contribution in [0.25, 0.3) is 10.9 Å². The Labute approximate surface area is 140 Å². The second kappa shape index (κ2) is 7.11. The second-order valence-corrected chi connectivity index (χ2v) is 6.05. The molecular formula is C17H22N4O3. The molecule has 1 aliphatic rings. The van der Waals surface area contributed by atoms with Crippen LogP contribution in [-0.2, 0) is 9.53 Å². The van der Waals surface area contributed by atoms with Crippen molar-refractivity contribution in [3.05, 3.63) is 40.4 Å². The minimum Gasteiger partial charge on any atom is -0.378 e. The van der Waals surface area contributed by atoms with E-state index in [9.17, 15) is 9.59 Å². The number of carbonyl (C=O) groups is 1. The Morgan fingerprint density at radius 1 is 1.38 bits per heavy atom. The van der Waals surface area contributed by atoms with E-state index in [1.165, 1.54) is 0 Å². The number of morpholine rings is 1. The van der Waals surface area contributed by atoms with Gasteiger partial charge in [-0.05, 0) is 26.1 Å². The molecule has 1 atom stereocenters. The first kappa shape index (κ1) is 16.6. The maximum Gasteiger partial charge on any atom is 0.258 e. The molecular weight excluding hydrogens is 308 g/mol. The summed E-state index contributed by atoms with van der Waals surface area (Å²) in [4.78, 5) is 35.6. The first-order valence-corrected chi connectivity index (χ1v) is 8.11. The summed E-state index contributed by atoms with van der Waals surface area (Å²) in [6.07, 6.45) is 0. The molecule has 0 aliphatic carbocycles. The lowest BCUT2D eigenvalue weighted by molar-refractivity contribution is -0.136. The number of H-pyrrole nitrogens is 1. The highest BCUT2D eigenvalue weighted by molar-refractivity contribution is 5.78. The van der Waals surface area contributed by atoms with Crippen LogP contribution in [0.2, 0.25) is 0 Å². The minimum absolute atomic E-state index is 0.0655. The lowest BCUT2D eigenvalue weighted by atomic mass is 10.2. The van der Waals surface area contributed by atoms with E-state index in [4.69, 9.17) is 4.74 Å². The maximum atomic E-state index is 12.4. The van der Waals surface area contributed by atoms with E-state index >= 15 is 0 Å². The third-order valence-corrected chi connectivity index (χ3v) is 4.44. The van der Waals surface area contributed by atoms with Gasteiger partial charge in [-0.3, -0.25) is 14.5 Å². The topological polar surface area (TPSA) is 78.5 Å². The second-order valence-electron chi connectivity index (χ2n) is 6.05. The number of amides is 1. The van der Waals surface area contributed by atoms with E-state index in [0.717, 1.165) is 0 Å². The van der Waals surface area contributed by atoms with E-state index in [0.29, 0.717) is 43.0 Å². The molecule has 7 heteroatoms. The Kier molecular flexibility index (Phi) is 4.92. The molecule has 1 aromatic heterocycles. The first-order chi connectivity index (χ1) is 11.6. The molecule has 1 aromatic carbocycles. The van der Waals surface area contributed by atoms with Gasteiger partial charge in [-0.15, -0.1) is 0 Å². The highest BCUT2D eigenvalue weighted by Crippen LogP contribution is 2.16. The monoisotopic (exact) mass is 330 g/mol. The summed E-state index contributed by atoms with van der Waals surface area (Å²) in [6.45, 7) is 4.64. The predicted octanol–water partition coefficient (Wildman–Crippen LogP) is 0.775. The third-order valence-electron chi connectivity index (χ3n) is 4.44. The number of hydrogen-bond donors (Lipinski definition) is 1. The third kappa shape index (κ3) is 3.47. The fraction of sp³-hybridized carbons (Fsp3) is 0.471. The van der Waals surface area contributed by atoms with Crippen LogP contribution in [0.5, 0.6) is 0 Å². The number of aromatic amines is 1. The zero-order valence-corrected chi connectivity index (χ0v) is 14.0. The molecule has 24 heavy (non-hydrogen) atoms. The zero-order valence-electron chi connectivity index (χ0n) is 14.0. The predicted molar refractivity (Wildman–Crippen MR) is 90.8 cm³/mol. The highest BCUT2D eigenvalue weighted by Gasteiger charge is 2.22. The Bertz CT molecular complexity index is 783. The van der Waals surface area contributed by atoms with Crippen molar-refractivity contribution in [1.29, 1.82) is 0 Å². The molecule has 128 valence electrons. The molecule has 3 rings (SSSR count). The fourth-order valence-electron chi connectivity index (χ4n) is 2.77. The van der Waals surface area contributed by atoms with Gasteiger partial charge in [-0.2, -0.15) is 0 Å². The van der Waals surface area contributed by atoms with Crippen molar-refractivity contribution in [1.82, 2.24) is 19.8 Å². The van der Waals surface area contributed by atoms with Crippen LogP contribution in [0.1, 0.15) is 18.8 Å². The van der Waals surface area contributed by atoms with Gasteiger partial charge < -0.3 is 14.6 Å². The summed E-state index contributed by atoms with van der Waals surface area (Å²) in [5.41, 5.74) is 0.506. The van der Waals surface area contributed by atoms with E-state index in [1.807, 2.05) is 42.0 Å². The average Bonchev–Trinajstić information content (AvgIpc) is 2.61. The van der Waals surface area contributed by atoms with Gasteiger partial charge in [-0.1, -0.05) is 12.1 Å². The lowest BCUT2D eigenvalue weighted by Gasteiger charge is -2.30. The molecule has 1 fully saturated rings. The van der Waals surface area contributed by atoms with Crippen LogP contribution in [0.3, 0.4) is 0 Å². The number of rotatable bonds is 4. The average molecular weight is 330 g/mol. The van der Waals surface area contributed by atoms with Gasteiger partial charge in [0, 0.05) is 13.1 Å². The quantitative estimate of drug-likeness (QED) is 0.896. The Hall–Kier alpha value is -2.25. The van der Waals surface area contributed by atoms with E-state index in [1.54, 1.807) is 6.07 Å². The van der Waals surface area contributed by atoms with Crippen molar-refractivity contribution in [2.75, 3.05) is 39.9 Å². The van der Waals surface area contributed by atoms with E-state index < -0.39 is 0 Å². The van der Waals surface area contributed by atoms with E-state index in [2.05, 4.69) is 9.97 Å². The van der Waals surface area contributed by atoms with Crippen LogP contribution in [0, 0.1) is 0 Å². The van der Waals surface area contributed by atoms with Gasteiger partial charge >= 0.3 is 0 Å². The molecule has 1 aliphatic heterocycles. The highest BCUT2D eigenvalue weighted by atomic mass is 16.5. The number of nitrogens with zero attached hydrogens (tertiary/aromatic N) is 3. The van der Waals surface area contributed by atoms with Gasteiger partial charge in [0.1, 0.15) is 5.82 Å². The number of benzene rings is 1. The molecule has 0 radical (unpaired) electrons. The molecule has 0 saturated carbocycles. The van der Waals surface area contributed by atoms with Crippen molar-refractivity contribution < 1.29 is 9.53 Å². The van der Waals surface area contributed by atoms with Gasteiger partial charge in [0.05, 0.1) is 36.7 Å². The lowest BCUT2D eigenvalue weighted by Crippen LogP contribution is -2.45. The molecule has 2 aromatic rings. The molecule has 1 saturated heterocycles. The molecule has 7 nitrogen and oxygen atoms in total. The number of likely N-dealkylation sites (N-methyl/N-ethyl adjacent to an activating group) is 1. The molecule has 0 unspecified atom stereocenters. The molecule has 1 amide bonds. The Morgan fingerprint density at radius 2 is 2.08 bits per heavy atom. The number of hydrogen-bond acceptors (Lipinski definition) is 5. The summed E-state index contributed by atoms with van der Waals surface area (Å²) in [5, 5.41) is 0.570. The van der Waals surface area contributed by atoms with Gasteiger partial charge in [-0.25, -0.2) is 4.98 Å². The summed E-state index contributed by atoms with van der Waals surface area (Å²) >= 11 is 0. The Morgan fingerprint density at radius 3 is 2.83 bits per heavy atom. The summed E-state index contributed by atoms with van der Waals surface area (Å²) < 4.78 is 5.27. The number of fused-ring (bicyclic) bond motifs is 1. The number of ether oxygens (including phenoxy) is 1. The number of aromatic nitrogens is 2. The Balaban J connectivity index is 1.74. The molecule has 0 bridgehead atoms. The van der Waals surface area contributed by atoms with Gasteiger partial charge in [0.2, 0.25) is 5.91 Å². The van der Waals surface area contributed by atoms with Crippen molar-refractivity contribution in [2.45, 2.75) is 13.0 Å². The maximum absolute atomic E-state index is 12.4. The summed E-state index contributed by atoms with van der Waals surface area (Å²) in [7, 11) is 1.86. The first-order valence-electron chi connectivity index (χ1n) is 8.11. The summed E-state index contributed by atoms with van der Waals surface area (Å²) in [5.74, 6) is 0.631. The van der Waals surface area contributed by atoms with Gasteiger partial charge in [0.25, 0.3) is 5.56 Å². The van der Waals surface area contributed by atoms with Crippen molar-refractivity contribution in [3.63, 3.8) is 0 Å². The number of carbonyl (C=O) groups excluding carboxylic acids is 1. The van der Waals surface area contributed by atoms with Crippen molar-refractivity contribution in [2.24, 2.45) is 0 Å². The molecule has 1 N–H and O–H groups in total. The smallest absolute Gasteiger partial charge is 0.258 e. The molecule has 0 spiro atoms. The van der Waals surface area contributed by atoms with Crippen LogP contribution >= 0.6 is 0 Å². The van der Waals surface area contributed by atoms with Gasteiger partial charge in [0.15, 0.2) is 0 Å². The normalized spacial score (nSPS) is 16.5. The molecule has 2 heterocycles.